The predicted molar refractivity (Wildman–Crippen MR) is 129 cm³/mol. The lowest BCUT2D eigenvalue weighted by molar-refractivity contribution is 0.670. The maximum absolute atomic E-state index is 6.44. The first-order valence-corrected chi connectivity index (χ1v) is 11.0. The number of hydrogen-bond donors (Lipinski definition) is 2. The molecule has 0 aliphatic rings. The second kappa shape index (κ2) is 8.58. The molecule has 0 amide bonds. The first-order chi connectivity index (χ1) is 15.2. The van der Waals surface area contributed by atoms with Crippen LogP contribution in [0, 0.1) is 6.92 Å². The van der Waals surface area contributed by atoms with Crippen LogP contribution in [0.4, 0.5) is 0 Å². The van der Waals surface area contributed by atoms with Crippen molar-refractivity contribution in [3.05, 3.63) is 100 Å². The molecule has 0 aliphatic carbocycles. The SMILES string of the molecule is Cc1c(CNCCc2nc3ccccc3[nH]2)c2ccccc2n1Cc1ccccc1Cl. The zero-order chi connectivity index (χ0) is 21.2. The molecule has 5 heteroatoms. The smallest absolute Gasteiger partial charge is 0.108 e. The van der Waals surface area contributed by atoms with E-state index in [4.69, 9.17) is 11.6 Å². The number of aromatic nitrogens is 3. The van der Waals surface area contributed by atoms with Gasteiger partial charge in [-0.3, -0.25) is 0 Å². The molecule has 156 valence electrons. The average Bonchev–Trinajstić information content (AvgIpc) is 3.32. The van der Waals surface area contributed by atoms with E-state index in [0.717, 1.165) is 53.5 Å². The van der Waals surface area contributed by atoms with Crippen molar-refractivity contribution in [2.45, 2.75) is 26.4 Å². The summed E-state index contributed by atoms with van der Waals surface area (Å²) < 4.78 is 2.37. The Morgan fingerprint density at radius 3 is 2.61 bits per heavy atom. The van der Waals surface area contributed by atoms with E-state index in [1.807, 2.05) is 36.4 Å². The number of aromatic amines is 1. The molecule has 0 radical (unpaired) electrons. The van der Waals surface area contributed by atoms with Gasteiger partial charge in [0, 0.05) is 47.7 Å². The molecular weight excluding hydrogens is 404 g/mol. The molecule has 0 saturated carbocycles. The van der Waals surface area contributed by atoms with E-state index in [2.05, 4.69) is 63.2 Å². The Morgan fingerprint density at radius 2 is 1.74 bits per heavy atom. The van der Waals surface area contributed by atoms with Crippen molar-refractivity contribution in [3.8, 4) is 0 Å². The maximum Gasteiger partial charge on any atom is 0.108 e. The maximum atomic E-state index is 6.44. The topological polar surface area (TPSA) is 45.6 Å². The normalized spacial score (nSPS) is 11.5. The monoisotopic (exact) mass is 428 g/mol. The molecule has 0 unspecified atom stereocenters. The number of rotatable bonds is 7. The molecule has 0 aliphatic heterocycles. The fourth-order valence-corrected chi connectivity index (χ4v) is 4.47. The molecule has 2 heterocycles. The Balaban J connectivity index is 1.33. The molecule has 0 spiro atoms. The van der Waals surface area contributed by atoms with Gasteiger partial charge in [-0.05, 0) is 42.3 Å². The quantitative estimate of drug-likeness (QED) is 0.319. The first kappa shape index (κ1) is 19.9. The van der Waals surface area contributed by atoms with Crippen LogP contribution < -0.4 is 5.32 Å². The van der Waals surface area contributed by atoms with Crippen LogP contribution in [0.1, 0.15) is 22.6 Å². The summed E-state index contributed by atoms with van der Waals surface area (Å²) in [5, 5.41) is 5.72. The van der Waals surface area contributed by atoms with Crippen LogP contribution in [0.25, 0.3) is 21.9 Å². The molecule has 0 atom stereocenters. The summed E-state index contributed by atoms with van der Waals surface area (Å²) in [6.07, 6.45) is 0.867. The molecule has 2 aromatic heterocycles. The standard InChI is InChI=1S/C26H25ClN4/c1-18-21(16-28-15-14-26-29-23-11-5-6-12-24(23)30-26)20-9-3-7-13-25(20)31(18)17-19-8-2-4-10-22(19)27/h2-13,28H,14-17H2,1H3,(H,29,30). The molecule has 0 saturated heterocycles. The van der Waals surface area contributed by atoms with Crippen LogP contribution in [0.2, 0.25) is 5.02 Å². The Labute approximate surface area is 186 Å². The summed E-state index contributed by atoms with van der Waals surface area (Å²) in [7, 11) is 0. The third-order valence-electron chi connectivity index (χ3n) is 5.93. The summed E-state index contributed by atoms with van der Waals surface area (Å²) >= 11 is 6.44. The average molecular weight is 429 g/mol. The highest BCUT2D eigenvalue weighted by molar-refractivity contribution is 6.31. The van der Waals surface area contributed by atoms with E-state index in [1.165, 1.54) is 22.2 Å². The molecular formula is C26H25ClN4. The number of fused-ring (bicyclic) bond motifs is 2. The third kappa shape index (κ3) is 3.97. The minimum absolute atomic E-state index is 0.769. The lowest BCUT2D eigenvalue weighted by atomic mass is 10.1. The van der Waals surface area contributed by atoms with Crippen LogP contribution in [0.5, 0.6) is 0 Å². The number of benzene rings is 3. The van der Waals surface area contributed by atoms with E-state index in [0.29, 0.717) is 0 Å². The lowest BCUT2D eigenvalue weighted by Gasteiger charge is -2.11. The van der Waals surface area contributed by atoms with Gasteiger partial charge in [0.25, 0.3) is 0 Å². The van der Waals surface area contributed by atoms with Crippen molar-refractivity contribution < 1.29 is 0 Å². The van der Waals surface area contributed by atoms with E-state index in [9.17, 15) is 0 Å². The van der Waals surface area contributed by atoms with Crippen molar-refractivity contribution in [2.24, 2.45) is 0 Å². The van der Waals surface area contributed by atoms with Crippen LogP contribution >= 0.6 is 11.6 Å². The minimum Gasteiger partial charge on any atom is -0.342 e. The van der Waals surface area contributed by atoms with Gasteiger partial charge in [-0.15, -0.1) is 0 Å². The molecule has 4 nitrogen and oxygen atoms in total. The molecule has 0 bridgehead atoms. The second-order valence-electron chi connectivity index (χ2n) is 7.89. The Kier molecular flexibility index (Phi) is 5.49. The summed E-state index contributed by atoms with van der Waals surface area (Å²) in [6, 6.07) is 24.8. The number of hydrogen-bond acceptors (Lipinski definition) is 2. The number of nitrogens with zero attached hydrogens (tertiary/aromatic N) is 2. The van der Waals surface area contributed by atoms with Crippen molar-refractivity contribution in [1.29, 1.82) is 0 Å². The number of nitrogens with one attached hydrogen (secondary N) is 2. The lowest BCUT2D eigenvalue weighted by Crippen LogP contribution is -2.18. The van der Waals surface area contributed by atoms with E-state index >= 15 is 0 Å². The van der Waals surface area contributed by atoms with Gasteiger partial charge in [0.05, 0.1) is 11.0 Å². The van der Waals surface area contributed by atoms with E-state index in [1.54, 1.807) is 0 Å². The zero-order valence-corrected chi connectivity index (χ0v) is 18.3. The highest BCUT2D eigenvalue weighted by atomic mass is 35.5. The highest BCUT2D eigenvalue weighted by Crippen LogP contribution is 2.28. The van der Waals surface area contributed by atoms with E-state index in [-0.39, 0.29) is 0 Å². The van der Waals surface area contributed by atoms with Crippen LogP contribution in [-0.2, 0) is 19.5 Å². The van der Waals surface area contributed by atoms with Crippen molar-refractivity contribution in [3.63, 3.8) is 0 Å². The van der Waals surface area contributed by atoms with Gasteiger partial charge in [-0.1, -0.05) is 60.1 Å². The fraction of sp³-hybridized carbons (Fsp3) is 0.192. The van der Waals surface area contributed by atoms with Crippen molar-refractivity contribution >= 4 is 33.5 Å². The largest absolute Gasteiger partial charge is 0.342 e. The summed E-state index contributed by atoms with van der Waals surface area (Å²) in [4.78, 5) is 8.08. The molecule has 5 rings (SSSR count). The summed E-state index contributed by atoms with van der Waals surface area (Å²) in [6.45, 7) is 4.66. The molecule has 5 aromatic rings. The molecule has 2 N–H and O–H groups in total. The van der Waals surface area contributed by atoms with Gasteiger partial charge in [0.15, 0.2) is 0 Å². The van der Waals surface area contributed by atoms with Gasteiger partial charge in [0.1, 0.15) is 5.82 Å². The van der Waals surface area contributed by atoms with Gasteiger partial charge in [-0.2, -0.15) is 0 Å². The van der Waals surface area contributed by atoms with Gasteiger partial charge >= 0.3 is 0 Å². The molecule has 0 fully saturated rings. The molecule has 31 heavy (non-hydrogen) atoms. The minimum atomic E-state index is 0.769. The number of halogens is 1. The van der Waals surface area contributed by atoms with Gasteiger partial charge in [0.2, 0.25) is 0 Å². The fourth-order valence-electron chi connectivity index (χ4n) is 4.27. The zero-order valence-electron chi connectivity index (χ0n) is 17.5. The van der Waals surface area contributed by atoms with Gasteiger partial charge in [-0.25, -0.2) is 4.98 Å². The third-order valence-corrected chi connectivity index (χ3v) is 6.30. The predicted octanol–water partition coefficient (Wildman–Crippen LogP) is 5.86. The van der Waals surface area contributed by atoms with Crippen LogP contribution in [0.15, 0.2) is 72.8 Å². The first-order valence-electron chi connectivity index (χ1n) is 10.6. The van der Waals surface area contributed by atoms with Crippen LogP contribution in [0.3, 0.4) is 0 Å². The summed E-state index contributed by atoms with van der Waals surface area (Å²) in [5.41, 5.74) is 7.11. The van der Waals surface area contributed by atoms with Crippen molar-refractivity contribution in [1.82, 2.24) is 19.9 Å². The van der Waals surface area contributed by atoms with E-state index < -0.39 is 0 Å². The Hall–Kier alpha value is -3.08. The number of H-pyrrole nitrogens is 1. The highest BCUT2D eigenvalue weighted by Gasteiger charge is 2.14. The number of imidazole rings is 1. The Morgan fingerprint density at radius 1 is 0.968 bits per heavy atom. The van der Waals surface area contributed by atoms with Crippen LogP contribution in [-0.4, -0.2) is 21.1 Å². The molecule has 3 aromatic carbocycles. The van der Waals surface area contributed by atoms with Gasteiger partial charge < -0.3 is 14.9 Å². The van der Waals surface area contributed by atoms with Crippen molar-refractivity contribution in [2.75, 3.05) is 6.54 Å². The summed E-state index contributed by atoms with van der Waals surface area (Å²) in [5.74, 6) is 1.02. The number of para-hydroxylation sites is 3. The Bertz CT molecular complexity index is 1320. The second-order valence-corrected chi connectivity index (χ2v) is 8.29.